The molecule has 1 saturated carbocycles. The molecular formula is C18H22O3. The summed E-state index contributed by atoms with van der Waals surface area (Å²) in [6.07, 6.45) is 2.57. The van der Waals surface area contributed by atoms with Crippen molar-refractivity contribution in [2.75, 3.05) is 0 Å². The summed E-state index contributed by atoms with van der Waals surface area (Å²) in [5.41, 5.74) is 2.26. The Bertz CT molecular complexity index is 524. The predicted molar refractivity (Wildman–Crippen MR) is 81.2 cm³/mol. The summed E-state index contributed by atoms with van der Waals surface area (Å²) in [5.74, 6) is -1.66. The second kappa shape index (κ2) is 6.79. The van der Waals surface area contributed by atoms with E-state index in [0.29, 0.717) is 25.7 Å². The number of Topliss-reactive ketones (excluding diaryl/α,β-unsaturated/α-hetero) is 3. The summed E-state index contributed by atoms with van der Waals surface area (Å²) in [6, 6.07) is 8.08. The van der Waals surface area contributed by atoms with Crippen molar-refractivity contribution in [2.24, 2.45) is 5.92 Å². The van der Waals surface area contributed by atoms with Crippen LogP contribution in [0.3, 0.4) is 0 Å². The standard InChI is InChI=1S/C18H22O3/c1-3-5-15(19)18-16(20)10-14(11-17(18)21)13-8-6-12(4-2)7-9-13/h6-9,14,18H,3-5,10-11H2,1-2H3. The van der Waals surface area contributed by atoms with Gasteiger partial charge in [0.2, 0.25) is 0 Å². The Morgan fingerprint density at radius 1 is 1.05 bits per heavy atom. The van der Waals surface area contributed by atoms with Gasteiger partial charge in [0.05, 0.1) is 0 Å². The van der Waals surface area contributed by atoms with Gasteiger partial charge in [-0.3, -0.25) is 14.4 Å². The van der Waals surface area contributed by atoms with Crippen LogP contribution in [0.4, 0.5) is 0 Å². The molecule has 0 N–H and O–H groups in total. The monoisotopic (exact) mass is 286 g/mol. The molecule has 0 atom stereocenters. The minimum Gasteiger partial charge on any atom is -0.298 e. The van der Waals surface area contributed by atoms with Gasteiger partial charge in [-0.25, -0.2) is 0 Å². The predicted octanol–water partition coefficient (Wildman–Crippen LogP) is 3.25. The molecule has 2 rings (SSSR count). The van der Waals surface area contributed by atoms with Gasteiger partial charge in [-0.15, -0.1) is 0 Å². The lowest BCUT2D eigenvalue weighted by Gasteiger charge is -2.26. The van der Waals surface area contributed by atoms with Gasteiger partial charge in [0, 0.05) is 19.3 Å². The Morgan fingerprint density at radius 2 is 1.62 bits per heavy atom. The number of carbonyl (C=O) groups is 3. The molecule has 1 fully saturated rings. The van der Waals surface area contributed by atoms with Gasteiger partial charge in [0.15, 0.2) is 17.3 Å². The third-order valence-corrected chi connectivity index (χ3v) is 4.22. The van der Waals surface area contributed by atoms with Crippen molar-refractivity contribution in [1.29, 1.82) is 0 Å². The first-order valence-electron chi connectivity index (χ1n) is 7.73. The van der Waals surface area contributed by atoms with Gasteiger partial charge in [0.1, 0.15) is 5.92 Å². The highest BCUT2D eigenvalue weighted by Gasteiger charge is 2.39. The lowest BCUT2D eigenvalue weighted by Crippen LogP contribution is -2.37. The number of carbonyl (C=O) groups excluding carboxylic acids is 3. The maximum atomic E-state index is 12.2. The first-order chi connectivity index (χ1) is 10.1. The van der Waals surface area contributed by atoms with E-state index in [1.54, 1.807) is 0 Å². The van der Waals surface area contributed by atoms with Crippen LogP contribution in [0, 0.1) is 5.92 Å². The Labute approximate surface area is 125 Å². The quantitative estimate of drug-likeness (QED) is 0.781. The van der Waals surface area contributed by atoms with Gasteiger partial charge in [-0.2, -0.15) is 0 Å². The van der Waals surface area contributed by atoms with Crippen LogP contribution in [-0.4, -0.2) is 17.3 Å². The Balaban J connectivity index is 2.12. The van der Waals surface area contributed by atoms with E-state index in [1.165, 1.54) is 5.56 Å². The van der Waals surface area contributed by atoms with E-state index in [-0.39, 0.29) is 23.3 Å². The van der Waals surface area contributed by atoms with Crippen molar-refractivity contribution in [3.05, 3.63) is 35.4 Å². The normalized spacial score (nSPS) is 22.4. The Hall–Kier alpha value is -1.77. The molecule has 1 aromatic rings. The summed E-state index contributed by atoms with van der Waals surface area (Å²) in [6.45, 7) is 3.97. The molecule has 0 aromatic heterocycles. The van der Waals surface area contributed by atoms with E-state index in [0.717, 1.165) is 12.0 Å². The van der Waals surface area contributed by atoms with Crippen LogP contribution in [-0.2, 0) is 20.8 Å². The maximum absolute atomic E-state index is 12.2. The van der Waals surface area contributed by atoms with Crippen LogP contribution in [0.5, 0.6) is 0 Å². The Morgan fingerprint density at radius 3 is 2.10 bits per heavy atom. The largest absolute Gasteiger partial charge is 0.298 e. The number of aryl methyl sites for hydroxylation is 1. The highest BCUT2D eigenvalue weighted by molar-refractivity contribution is 6.20. The van der Waals surface area contributed by atoms with Crippen LogP contribution >= 0.6 is 0 Å². The van der Waals surface area contributed by atoms with Gasteiger partial charge in [-0.05, 0) is 29.9 Å². The molecular weight excluding hydrogens is 264 g/mol. The Kier molecular flexibility index (Phi) is 5.05. The summed E-state index contributed by atoms with van der Waals surface area (Å²) in [7, 11) is 0. The molecule has 0 unspecified atom stereocenters. The first-order valence-corrected chi connectivity index (χ1v) is 7.73. The fraction of sp³-hybridized carbons (Fsp3) is 0.500. The summed E-state index contributed by atoms with van der Waals surface area (Å²) < 4.78 is 0. The molecule has 0 heterocycles. The number of benzene rings is 1. The molecule has 0 aliphatic heterocycles. The molecule has 0 bridgehead atoms. The van der Waals surface area contributed by atoms with Crippen LogP contribution in [0.1, 0.15) is 56.6 Å². The van der Waals surface area contributed by atoms with Crippen molar-refractivity contribution in [3.63, 3.8) is 0 Å². The fourth-order valence-electron chi connectivity index (χ4n) is 2.98. The third-order valence-electron chi connectivity index (χ3n) is 4.22. The first kappa shape index (κ1) is 15.6. The zero-order chi connectivity index (χ0) is 15.4. The average molecular weight is 286 g/mol. The maximum Gasteiger partial charge on any atom is 0.151 e. The molecule has 1 aliphatic rings. The average Bonchev–Trinajstić information content (AvgIpc) is 2.47. The molecule has 0 saturated heterocycles. The number of rotatable bonds is 5. The fourth-order valence-corrected chi connectivity index (χ4v) is 2.98. The van der Waals surface area contributed by atoms with E-state index < -0.39 is 5.92 Å². The molecule has 1 aliphatic carbocycles. The second-order valence-electron chi connectivity index (χ2n) is 5.78. The molecule has 112 valence electrons. The minimum absolute atomic E-state index is 0.0680. The van der Waals surface area contributed by atoms with E-state index in [2.05, 4.69) is 6.92 Å². The van der Waals surface area contributed by atoms with E-state index in [9.17, 15) is 14.4 Å². The second-order valence-corrected chi connectivity index (χ2v) is 5.78. The lowest BCUT2D eigenvalue weighted by atomic mass is 9.75. The van der Waals surface area contributed by atoms with E-state index >= 15 is 0 Å². The van der Waals surface area contributed by atoms with Crippen molar-refractivity contribution in [3.8, 4) is 0 Å². The van der Waals surface area contributed by atoms with Gasteiger partial charge < -0.3 is 0 Å². The minimum atomic E-state index is -0.990. The summed E-state index contributed by atoms with van der Waals surface area (Å²) >= 11 is 0. The van der Waals surface area contributed by atoms with E-state index in [1.807, 2.05) is 31.2 Å². The van der Waals surface area contributed by atoms with Crippen LogP contribution < -0.4 is 0 Å². The lowest BCUT2D eigenvalue weighted by molar-refractivity contribution is -0.142. The highest BCUT2D eigenvalue weighted by atomic mass is 16.2. The summed E-state index contributed by atoms with van der Waals surface area (Å²) in [4.78, 5) is 36.3. The number of hydrogen-bond donors (Lipinski definition) is 0. The van der Waals surface area contributed by atoms with E-state index in [4.69, 9.17) is 0 Å². The molecule has 0 amide bonds. The summed E-state index contributed by atoms with van der Waals surface area (Å²) in [5, 5.41) is 0. The zero-order valence-electron chi connectivity index (χ0n) is 12.7. The highest BCUT2D eigenvalue weighted by Crippen LogP contribution is 2.32. The number of ketones is 3. The van der Waals surface area contributed by atoms with Crippen molar-refractivity contribution < 1.29 is 14.4 Å². The third kappa shape index (κ3) is 3.46. The smallest absolute Gasteiger partial charge is 0.151 e. The van der Waals surface area contributed by atoms with Crippen molar-refractivity contribution >= 4 is 17.3 Å². The van der Waals surface area contributed by atoms with Gasteiger partial charge >= 0.3 is 0 Å². The van der Waals surface area contributed by atoms with Crippen molar-refractivity contribution in [1.82, 2.24) is 0 Å². The molecule has 0 spiro atoms. The topological polar surface area (TPSA) is 51.2 Å². The zero-order valence-corrected chi connectivity index (χ0v) is 12.7. The molecule has 21 heavy (non-hydrogen) atoms. The van der Waals surface area contributed by atoms with Crippen LogP contribution in [0.2, 0.25) is 0 Å². The van der Waals surface area contributed by atoms with Gasteiger partial charge in [0.25, 0.3) is 0 Å². The SMILES string of the molecule is CCCC(=O)C1C(=O)CC(c2ccc(CC)cc2)CC1=O. The molecule has 1 aromatic carbocycles. The van der Waals surface area contributed by atoms with Crippen molar-refractivity contribution in [2.45, 2.75) is 51.9 Å². The van der Waals surface area contributed by atoms with Crippen LogP contribution in [0.25, 0.3) is 0 Å². The molecule has 0 radical (unpaired) electrons. The molecule has 3 heteroatoms. The van der Waals surface area contributed by atoms with Crippen LogP contribution in [0.15, 0.2) is 24.3 Å². The van der Waals surface area contributed by atoms with Gasteiger partial charge in [-0.1, -0.05) is 38.1 Å². The number of hydrogen-bond acceptors (Lipinski definition) is 3. The molecule has 3 nitrogen and oxygen atoms in total.